The molecule has 2 aromatic rings. The first-order valence-corrected chi connectivity index (χ1v) is 7.26. The van der Waals surface area contributed by atoms with E-state index in [0.717, 1.165) is 0 Å². The van der Waals surface area contributed by atoms with Gasteiger partial charge in [0.05, 0.1) is 12.0 Å². The molecule has 126 valence electrons. The number of urea groups is 1. The molecule has 0 radical (unpaired) electrons. The number of hydrogen-bond acceptors (Lipinski definition) is 7. The van der Waals surface area contributed by atoms with Gasteiger partial charge in [-0.05, 0) is 6.07 Å². The largest absolute Gasteiger partial charge is 0.394 e. The predicted molar refractivity (Wildman–Crippen MR) is 81.7 cm³/mol. The van der Waals surface area contributed by atoms with Crippen molar-refractivity contribution in [2.75, 3.05) is 17.2 Å². The highest BCUT2D eigenvalue weighted by Gasteiger charge is 2.44. The van der Waals surface area contributed by atoms with E-state index in [9.17, 15) is 24.9 Å². The molecular formula is C14H14N4O6. The molecule has 10 nitrogen and oxygen atoms in total. The van der Waals surface area contributed by atoms with Crippen LogP contribution in [0.1, 0.15) is 6.23 Å². The van der Waals surface area contributed by atoms with Crippen LogP contribution in [0.2, 0.25) is 0 Å². The molecule has 2 aromatic heterocycles. The van der Waals surface area contributed by atoms with E-state index in [4.69, 9.17) is 4.74 Å². The number of amides is 2. The summed E-state index contributed by atoms with van der Waals surface area (Å²) < 4.78 is 6.95. The van der Waals surface area contributed by atoms with Gasteiger partial charge in [-0.1, -0.05) is 0 Å². The first kappa shape index (κ1) is 15.0. The standard InChI is InChI=1S/C14H14N4O6/c19-4-6-9(21)10(22)13(24-6)18-3-5-1-2-7(20)15-11-8(5)12(18)17-14(23)16-11/h1-3,6,9-10,13,19,21-22H,4H2,(H2,15,16,17,20,23)/t6-,9-,10-,13-/m1/s1. The number of aliphatic hydroxyl groups excluding tert-OH is 3. The Hall–Kier alpha value is -2.53. The number of aliphatic hydroxyl groups is 3. The Labute approximate surface area is 134 Å². The van der Waals surface area contributed by atoms with Gasteiger partial charge in [0.1, 0.15) is 29.9 Å². The minimum absolute atomic E-state index is 0.101. The molecule has 2 aliphatic heterocycles. The summed E-state index contributed by atoms with van der Waals surface area (Å²) in [5, 5.41) is 35.5. The maximum atomic E-state index is 11.8. The van der Waals surface area contributed by atoms with E-state index >= 15 is 0 Å². The van der Waals surface area contributed by atoms with Crippen LogP contribution < -0.4 is 16.2 Å². The minimum atomic E-state index is -1.30. The van der Waals surface area contributed by atoms with E-state index in [1.165, 1.54) is 16.7 Å². The number of anilines is 2. The molecule has 24 heavy (non-hydrogen) atoms. The van der Waals surface area contributed by atoms with Crippen LogP contribution >= 0.6 is 0 Å². The van der Waals surface area contributed by atoms with Crippen molar-refractivity contribution < 1.29 is 24.9 Å². The Kier molecular flexibility index (Phi) is 3.28. The number of carbonyl (C=O) groups is 1. The number of carbonyl (C=O) groups excluding carboxylic acids is 1. The molecule has 10 heteroatoms. The second-order valence-electron chi connectivity index (χ2n) is 5.66. The Bertz CT molecular complexity index is 897. The highest BCUT2D eigenvalue weighted by atomic mass is 16.6. The molecule has 2 aliphatic rings. The van der Waals surface area contributed by atoms with Crippen LogP contribution in [0, 0.1) is 0 Å². The van der Waals surface area contributed by atoms with Gasteiger partial charge < -0.3 is 24.6 Å². The summed E-state index contributed by atoms with van der Waals surface area (Å²) in [7, 11) is 0. The molecule has 0 spiro atoms. The average molecular weight is 334 g/mol. The Balaban J connectivity index is 1.92. The number of nitrogens with zero attached hydrogens (tertiary/aromatic N) is 2. The third kappa shape index (κ3) is 2.08. The van der Waals surface area contributed by atoms with Gasteiger partial charge >= 0.3 is 6.03 Å². The summed E-state index contributed by atoms with van der Waals surface area (Å²) in [4.78, 5) is 27.3. The van der Waals surface area contributed by atoms with Crippen molar-refractivity contribution in [2.45, 2.75) is 24.5 Å². The Morgan fingerprint density at radius 3 is 2.71 bits per heavy atom. The van der Waals surface area contributed by atoms with Gasteiger partial charge in [-0.25, -0.2) is 4.79 Å². The summed E-state index contributed by atoms with van der Waals surface area (Å²) in [5.41, 5.74) is -0.506. The van der Waals surface area contributed by atoms with Crippen LogP contribution in [-0.4, -0.2) is 55.8 Å². The monoisotopic (exact) mass is 334 g/mol. The van der Waals surface area contributed by atoms with Crippen LogP contribution in [-0.2, 0) is 4.74 Å². The lowest BCUT2D eigenvalue weighted by molar-refractivity contribution is -0.0514. The number of hydrogen-bond donors (Lipinski definition) is 5. The number of ether oxygens (including phenoxy) is 1. The fraction of sp³-hybridized carbons (Fsp3) is 0.357. The summed E-state index contributed by atoms with van der Waals surface area (Å²) in [5.74, 6) is 0.380. The zero-order valence-corrected chi connectivity index (χ0v) is 12.2. The van der Waals surface area contributed by atoms with Gasteiger partial charge in [0.2, 0.25) is 0 Å². The lowest BCUT2D eigenvalue weighted by atomic mass is 10.1. The van der Waals surface area contributed by atoms with E-state index in [0.29, 0.717) is 10.8 Å². The maximum Gasteiger partial charge on any atom is 0.326 e. The zero-order valence-electron chi connectivity index (χ0n) is 12.2. The van der Waals surface area contributed by atoms with Gasteiger partial charge in [0.15, 0.2) is 6.23 Å². The van der Waals surface area contributed by atoms with Crippen LogP contribution in [0.25, 0.3) is 10.8 Å². The Morgan fingerprint density at radius 1 is 1.21 bits per heavy atom. The van der Waals surface area contributed by atoms with Crippen molar-refractivity contribution in [3.8, 4) is 0 Å². The van der Waals surface area contributed by atoms with E-state index in [-0.39, 0.29) is 11.6 Å². The topological polar surface area (TPSA) is 146 Å². The van der Waals surface area contributed by atoms with Crippen LogP contribution in [0.3, 0.4) is 0 Å². The zero-order chi connectivity index (χ0) is 17.0. The predicted octanol–water partition coefficient (Wildman–Crippen LogP) is -1.03. The number of rotatable bonds is 2. The normalized spacial score (nSPS) is 28.7. The quantitative estimate of drug-likeness (QED) is 0.472. The molecular weight excluding hydrogens is 320 g/mol. The summed E-state index contributed by atoms with van der Waals surface area (Å²) in [6, 6.07) is 2.21. The van der Waals surface area contributed by atoms with Crippen LogP contribution in [0.4, 0.5) is 16.4 Å². The third-order valence-corrected chi connectivity index (χ3v) is 4.18. The molecule has 2 amide bonds. The van der Waals surface area contributed by atoms with Crippen molar-refractivity contribution in [3.63, 3.8) is 0 Å². The number of aromatic nitrogens is 2. The summed E-state index contributed by atoms with van der Waals surface area (Å²) in [6.07, 6.45) is -2.95. The fourth-order valence-electron chi connectivity index (χ4n) is 3.06. The van der Waals surface area contributed by atoms with E-state index < -0.39 is 42.7 Å². The van der Waals surface area contributed by atoms with E-state index in [1.54, 1.807) is 6.20 Å². The molecule has 4 heterocycles. The molecule has 1 saturated heterocycles. The molecule has 4 rings (SSSR count). The lowest BCUT2D eigenvalue weighted by Gasteiger charge is -2.22. The molecule has 0 saturated carbocycles. The van der Waals surface area contributed by atoms with Crippen molar-refractivity contribution in [1.82, 2.24) is 9.55 Å². The maximum absolute atomic E-state index is 11.8. The summed E-state index contributed by atoms with van der Waals surface area (Å²) >= 11 is 0. The average Bonchev–Trinajstić information content (AvgIpc) is 2.98. The lowest BCUT2D eigenvalue weighted by Crippen LogP contribution is -2.33. The van der Waals surface area contributed by atoms with Crippen molar-refractivity contribution >= 4 is 28.4 Å². The Morgan fingerprint density at radius 2 is 2.00 bits per heavy atom. The van der Waals surface area contributed by atoms with Crippen molar-refractivity contribution in [1.29, 1.82) is 0 Å². The van der Waals surface area contributed by atoms with Gasteiger partial charge in [-0.15, -0.1) is 0 Å². The molecule has 0 bridgehead atoms. The minimum Gasteiger partial charge on any atom is -0.394 e. The van der Waals surface area contributed by atoms with Crippen LogP contribution in [0.15, 0.2) is 23.1 Å². The molecule has 0 unspecified atom stereocenters. The van der Waals surface area contributed by atoms with E-state index in [1.807, 2.05) is 0 Å². The molecule has 0 aromatic carbocycles. The van der Waals surface area contributed by atoms with Gasteiger partial charge in [0.25, 0.3) is 5.56 Å². The second kappa shape index (κ2) is 5.24. The summed E-state index contributed by atoms with van der Waals surface area (Å²) in [6.45, 7) is -0.458. The first-order chi connectivity index (χ1) is 11.5. The highest BCUT2D eigenvalue weighted by molar-refractivity contribution is 6.15. The smallest absolute Gasteiger partial charge is 0.326 e. The van der Waals surface area contributed by atoms with Gasteiger partial charge in [-0.2, -0.15) is 4.98 Å². The van der Waals surface area contributed by atoms with Crippen molar-refractivity contribution in [3.05, 3.63) is 28.7 Å². The van der Waals surface area contributed by atoms with Gasteiger partial charge in [-0.3, -0.25) is 15.4 Å². The molecule has 4 atom stereocenters. The second-order valence-corrected chi connectivity index (χ2v) is 5.66. The third-order valence-electron chi connectivity index (χ3n) is 4.18. The van der Waals surface area contributed by atoms with Crippen LogP contribution in [0.5, 0.6) is 0 Å². The number of nitrogens with one attached hydrogen (secondary N) is 2. The SMILES string of the molecule is O=C1Nc2nc(=O)ccc3cn([C@@H]4O[C@H](CO)[C@@H](O)[C@H]4O)c(c23)N1. The van der Waals surface area contributed by atoms with Crippen molar-refractivity contribution in [2.24, 2.45) is 0 Å². The van der Waals surface area contributed by atoms with Gasteiger partial charge in [0, 0.05) is 17.6 Å². The van der Waals surface area contributed by atoms with E-state index in [2.05, 4.69) is 15.6 Å². The molecule has 0 aliphatic carbocycles. The first-order valence-electron chi connectivity index (χ1n) is 7.26. The fourth-order valence-corrected chi connectivity index (χ4v) is 3.06. The highest BCUT2D eigenvalue weighted by Crippen LogP contribution is 2.39. The molecule has 5 N–H and O–H groups in total. The molecule has 1 fully saturated rings.